The molecule has 6 aromatic rings. The van der Waals surface area contributed by atoms with Gasteiger partial charge in [-0.3, -0.25) is 0 Å². The summed E-state index contributed by atoms with van der Waals surface area (Å²) >= 11 is 12.4. The predicted molar refractivity (Wildman–Crippen MR) is 339 cm³/mol. The van der Waals surface area contributed by atoms with Gasteiger partial charge >= 0.3 is 0 Å². The van der Waals surface area contributed by atoms with E-state index in [4.69, 9.17) is 23.2 Å². The van der Waals surface area contributed by atoms with Crippen LogP contribution in [0.5, 0.6) is 0 Å². The molecule has 0 aliphatic heterocycles. The Kier molecular flexibility index (Phi) is 20.8. The van der Waals surface area contributed by atoms with E-state index in [1.807, 2.05) is 0 Å². The summed E-state index contributed by atoms with van der Waals surface area (Å²) in [5, 5.41) is 0. The number of fused-ring (bicyclic) bond motifs is 9. The molecule has 0 amide bonds. The monoisotopic (exact) mass is 1070 g/mol. The topological polar surface area (TPSA) is 0 Å². The first-order valence-electron chi connectivity index (χ1n) is 31.8. The second-order valence-corrected chi connectivity index (χ2v) is 25.1. The zero-order valence-corrected chi connectivity index (χ0v) is 49.9. The van der Waals surface area contributed by atoms with Gasteiger partial charge in [-0.05, 0) is 165 Å². The first-order valence-corrected chi connectivity index (χ1v) is 32.9. The molecule has 0 bridgehead atoms. The maximum Gasteiger partial charge on any atom is 0.0223 e. The van der Waals surface area contributed by atoms with Crippen LogP contribution in [0.15, 0.2) is 121 Å². The lowest BCUT2D eigenvalue weighted by Gasteiger charge is -2.34. The van der Waals surface area contributed by atoms with Gasteiger partial charge in [0.05, 0.1) is 0 Å². The molecule has 77 heavy (non-hydrogen) atoms. The first kappa shape index (κ1) is 57.6. The van der Waals surface area contributed by atoms with Crippen LogP contribution in [0.25, 0.3) is 55.6 Å². The van der Waals surface area contributed by atoms with Gasteiger partial charge in [-0.1, -0.05) is 266 Å². The standard InChI is InChI=1S/C75H96Cl2/c1-5-9-13-25-45-73(46-26-14-10-6-2)67-35-23-21-33-61(67)63-41-37-57(53-69(63)73)59-39-43-65-66-44-40-60(56-72(66)75(71(65)55-59,49-27-15-11-7-3)50-28-16-12-8-4)58-38-42-64-62-34-22-24-36-68(62)74(70(64)54-58,47-29-17-19-31-51-76)48-30-18-20-32-52-77/h21-24,33-44,53-56H,5-20,25-32,45-52H2,1-4H3. The van der Waals surface area contributed by atoms with Gasteiger partial charge in [0, 0.05) is 28.0 Å². The summed E-state index contributed by atoms with van der Waals surface area (Å²) < 4.78 is 0. The molecule has 0 saturated carbocycles. The van der Waals surface area contributed by atoms with E-state index in [2.05, 4.69) is 149 Å². The largest absolute Gasteiger partial charge is 0.127 e. The number of benzene rings is 6. The zero-order chi connectivity index (χ0) is 53.5. The van der Waals surface area contributed by atoms with E-state index in [0.29, 0.717) is 0 Å². The molecule has 0 fully saturated rings. The highest BCUT2D eigenvalue weighted by molar-refractivity contribution is 6.18. The van der Waals surface area contributed by atoms with Crippen LogP contribution < -0.4 is 0 Å². The van der Waals surface area contributed by atoms with Crippen LogP contribution in [0.3, 0.4) is 0 Å². The molecule has 0 unspecified atom stereocenters. The summed E-state index contributed by atoms with van der Waals surface area (Å²) in [5.74, 6) is 1.52. The van der Waals surface area contributed by atoms with Crippen molar-refractivity contribution in [1.82, 2.24) is 0 Å². The van der Waals surface area contributed by atoms with Crippen LogP contribution >= 0.6 is 23.2 Å². The van der Waals surface area contributed by atoms with Gasteiger partial charge in [0.25, 0.3) is 0 Å². The maximum absolute atomic E-state index is 6.21. The SMILES string of the molecule is CCCCCCC1(CCCCCC)c2ccccc2-c2ccc(-c3ccc4c(c3)C(CCCCCC)(CCCCCC)c3cc(-c5ccc6c(c5)C(CCCCCCCl)(CCCCCCCl)c5ccccc5-6)ccc3-4)cc21. The second kappa shape index (κ2) is 27.9. The van der Waals surface area contributed by atoms with Crippen LogP contribution in [0, 0.1) is 0 Å². The van der Waals surface area contributed by atoms with Crippen molar-refractivity contribution in [3.8, 4) is 55.6 Å². The van der Waals surface area contributed by atoms with Crippen molar-refractivity contribution in [2.45, 2.75) is 237 Å². The number of rotatable bonds is 34. The van der Waals surface area contributed by atoms with E-state index < -0.39 is 0 Å². The van der Waals surface area contributed by atoms with Crippen LogP contribution in [0.2, 0.25) is 0 Å². The van der Waals surface area contributed by atoms with Gasteiger partial charge in [-0.15, -0.1) is 23.2 Å². The highest BCUT2D eigenvalue weighted by Gasteiger charge is 2.46. The lowest BCUT2D eigenvalue weighted by Crippen LogP contribution is -2.26. The molecule has 3 aliphatic carbocycles. The quantitative estimate of drug-likeness (QED) is 0.0279. The van der Waals surface area contributed by atoms with E-state index >= 15 is 0 Å². The molecule has 0 aromatic heterocycles. The number of alkyl halides is 2. The van der Waals surface area contributed by atoms with Crippen molar-refractivity contribution >= 4 is 23.2 Å². The van der Waals surface area contributed by atoms with Gasteiger partial charge < -0.3 is 0 Å². The van der Waals surface area contributed by atoms with Gasteiger partial charge in [-0.25, -0.2) is 0 Å². The van der Waals surface area contributed by atoms with Crippen molar-refractivity contribution < 1.29 is 0 Å². The fourth-order valence-corrected chi connectivity index (χ4v) is 15.7. The Morgan fingerprint density at radius 3 is 0.753 bits per heavy atom. The Labute approximate surface area is 479 Å². The Hall–Kier alpha value is -4.10. The molecule has 0 saturated heterocycles. The summed E-state index contributed by atoms with van der Waals surface area (Å²) in [6.45, 7) is 9.44. The number of hydrogen-bond donors (Lipinski definition) is 0. The van der Waals surface area contributed by atoms with E-state index in [0.717, 1.165) is 24.6 Å². The summed E-state index contributed by atoms with van der Waals surface area (Å²) in [5.41, 5.74) is 23.9. The van der Waals surface area contributed by atoms with Crippen LogP contribution in [0.4, 0.5) is 0 Å². The van der Waals surface area contributed by atoms with Gasteiger partial charge in [0.1, 0.15) is 0 Å². The Morgan fingerprint density at radius 1 is 0.247 bits per heavy atom. The molecular formula is C75H96Cl2. The molecule has 410 valence electrons. The lowest BCUT2D eigenvalue weighted by molar-refractivity contribution is 0.400. The molecule has 0 spiro atoms. The third-order valence-electron chi connectivity index (χ3n) is 19.4. The summed E-state index contributed by atoms with van der Waals surface area (Å²) in [7, 11) is 0. The lowest BCUT2D eigenvalue weighted by atomic mass is 9.69. The minimum absolute atomic E-state index is 0.0135. The average Bonchev–Trinajstić information content (AvgIpc) is 4.26. The maximum atomic E-state index is 6.21. The molecule has 0 atom stereocenters. The minimum atomic E-state index is -0.0315. The second-order valence-electron chi connectivity index (χ2n) is 24.3. The van der Waals surface area contributed by atoms with Crippen molar-refractivity contribution in [1.29, 1.82) is 0 Å². The van der Waals surface area contributed by atoms with E-state index in [9.17, 15) is 0 Å². The van der Waals surface area contributed by atoms with E-state index in [1.165, 1.54) is 235 Å². The molecule has 0 heterocycles. The Balaban J connectivity index is 1.14. The molecule has 0 nitrogen and oxygen atoms in total. The number of halogens is 2. The highest BCUT2D eigenvalue weighted by atomic mass is 35.5. The van der Waals surface area contributed by atoms with Crippen molar-refractivity contribution in [3.63, 3.8) is 0 Å². The van der Waals surface area contributed by atoms with Crippen LogP contribution in [-0.2, 0) is 16.2 Å². The molecule has 0 radical (unpaired) electrons. The molecule has 3 aliphatic rings. The van der Waals surface area contributed by atoms with Crippen LogP contribution in [0.1, 0.15) is 254 Å². The van der Waals surface area contributed by atoms with Crippen molar-refractivity contribution in [2.75, 3.05) is 11.8 Å². The molecule has 6 aromatic carbocycles. The molecule has 0 N–H and O–H groups in total. The van der Waals surface area contributed by atoms with Crippen LogP contribution in [-0.4, -0.2) is 11.8 Å². The number of hydrogen-bond acceptors (Lipinski definition) is 0. The normalized spacial score (nSPS) is 14.8. The summed E-state index contributed by atoms with van der Waals surface area (Å²) in [6.07, 6.45) is 37.6. The van der Waals surface area contributed by atoms with Gasteiger partial charge in [-0.2, -0.15) is 0 Å². The Bertz CT molecular complexity index is 2790. The molecule has 2 heteroatoms. The third-order valence-corrected chi connectivity index (χ3v) is 19.9. The average molecular weight is 1070 g/mol. The smallest absolute Gasteiger partial charge is 0.0223 e. The zero-order valence-electron chi connectivity index (χ0n) is 48.4. The highest BCUT2D eigenvalue weighted by Crippen LogP contribution is 2.59. The van der Waals surface area contributed by atoms with E-state index in [-0.39, 0.29) is 16.2 Å². The fourth-order valence-electron chi connectivity index (χ4n) is 15.3. The van der Waals surface area contributed by atoms with Gasteiger partial charge in [0.2, 0.25) is 0 Å². The molecular weight excluding hydrogens is 972 g/mol. The predicted octanol–water partition coefficient (Wildman–Crippen LogP) is 24.1. The van der Waals surface area contributed by atoms with Crippen molar-refractivity contribution in [2.24, 2.45) is 0 Å². The first-order chi connectivity index (χ1) is 37.9. The fraction of sp³-hybridized carbons (Fsp3) is 0.520. The Morgan fingerprint density at radius 2 is 0.481 bits per heavy atom. The molecule has 9 rings (SSSR count). The minimum Gasteiger partial charge on any atom is -0.127 e. The third kappa shape index (κ3) is 12.2. The summed E-state index contributed by atoms with van der Waals surface area (Å²) in [4.78, 5) is 0. The van der Waals surface area contributed by atoms with Crippen molar-refractivity contribution in [3.05, 3.63) is 155 Å². The van der Waals surface area contributed by atoms with Gasteiger partial charge in [0.15, 0.2) is 0 Å². The summed E-state index contributed by atoms with van der Waals surface area (Å²) in [6, 6.07) is 49.8. The number of unbranched alkanes of at least 4 members (excludes halogenated alkanes) is 18. The van der Waals surface area contributed by atoms with E-state index in [1.54, 1.807) is 33.4 Å².